The monoisotopic (exact) mass is 193 g/mol. The molecule has 1 N–H and O–H groups in total. The Balaban J connectivity index is 3.75. The molecule has 4 heteroatoms. The molecular formula is C8H16ClNO2. The topological polar surface area (TPSA) is 38.3 Å². The van der Waals surface area contributed by atoms with Crippen molar-refractivity contribution in [3.8, 4) is 0 Å². The lowest BCUT2D eigenvalue weighted by Gasteiger charge is -2.21. The predicted octanol–water partition coefficient (Wildman–Crippen LogP) is 2.14. The van der Waals surface area contributed by atoms with Crippen LogP contribution in [0.15, 0.2) is 0 Å². The van der Waals surface area contributed by atoms with Crippen molar-refractivity contribution in [1.82, 2.24) is 5.32 Å². The van der Waals surface area contributed by atoms with Crippen LogP contribution in [0.3, 0.4) is 0 Å². The highest BCUT2D eigenvalue weighted by Crippen LogP contribution is 2.01. The van der Waals surface area contributed by atoms with Crippen molar-refractivity contribution in [3.05, 3.63) is 0 Å². The minimum absolute atomic E-state index is 0.242. The zero-order valence-electron chi connectivity index (χ0n) is 7.98. The number of hydrogen-bond donors (Lipinski definition) is 1. The lowest BCUT2D eigenvalue weighted by atomic mass is 10.1. The van der Waals surface area contributed by atoms with Crippen molar-refractivity contribution in [2.45, 2.75) is 39.3 Å². The largest absolute Gasteiger partial charge is 0.445 e. The lowest BCUT2D eigenvalue weighted by molar-refractivity contribution is 0.110. The maximum absolute atomic E-state index is 11.0. The number of rotatable bonds is 2. The number of carbonyl (C=O) groups excluding carboxylic acids is 1. The summed E-state index contributed by atoms with van der Waals surface area (Å²) in [6.07, 6.45) is -0.662. The van der Waals surface area contributed by atoms with Gasteiger partial charge in [0.05, 0.1) is 5.88 Å². The third-order valence-electron chi connectivity index (χ3n) is 1.00. The van der Waals surface area contributed by atoms with Gasteiger partial charge in [0.2, 0.25) is 0 Å². The molecule has 72 valence electrons. The third kappa shape index (κ3) is 6.28. The van der Waals surface area contributed by atoms with Gasteiger partial charge in [0.15, 0.2) is 0 Å². The number of hydrogen-bond acceptors (Lipinski definition) is 2. The number of carbonyl (C=O) groups is 1. The van der Waals surface area contributed by atoms with Gasteiger partial charge in [0.1, 0.15) is 6.10 Å². The molecule has 1 atom stereocenters. The molecule has 0 heterocycles. The normalized spacial score (nSPS) is 13.8. The Bertz CT molecular complexity index is 154. The average Bonchev–Trinajstić information content (AvgIpc) is 1.82. The molecule has 0 aliphatic carbocycles. The average molecular weight is 194 g/mol. The van der Waals surface area contributed by atoms with Gasteiger partial charge in [-0.1, -0.05) is 0 Å². The van der Waals surface area contributed by atoms with Crippen LogP contribution in [-0.4, -0.2) is 23.6 Å². The zero-order chi connectivity index (χ0) is 9.78. The summed E-state index contributed by atoms with van der Waals surface area (Å²) in [5.41, 5.74) is -0.261. The summed E-state index contributed by atoms with van der Waals surface area (Å²) >= 11 is 5.46. The van der Waals surface area contributed by atoms with Gasteiger partial charge in [-0.15, -0.1) is 11.6 Å². The van der Waals surface area contributed by atoms with Gasteiger partial charge in [0.25, 0.3) is 0 Å². The first-order valence-corrected chi connectivity index (χ1v) is 4.43. The molecule has 12 heavy (non-hydrogen) atoms. The number of alkyl carbamates (subject to hydrolysis) is 1. The van der Waals surface area contributed by atoms with E-state index < -0.39 is 6.09 Å². The van der Waals surface area contributed by atoms with Gasteiger partial charge >= 0.3 is 6.09 Å². The van der Waals surface area contributed by atoms with Crippen LogP contribution < -0.4 is 5.32 Å². The molecular weight excluding hydrogens is 178 g/mol. The van der Waals surface area contributed by atoms with E-state index in [-0.39, 0.29) is 11.6 Å². The highest BCUT2D eigenvalue weighted by Gasteiger charge is 2.16. The number of halogens is 1. The number of amides is 1. The molecule has 0 aromatic carbocycles. The highest BCUT2D eigenvalue weighted by molar-refractivity contribution is 6.18. The van der Waals surface area contributed by atoms with Gasteiger partial charge in [-0.25, -0.2) is 4.79 Å². The van der Waals surface area contributed by atoms with E-state index in [0.29, 0.717) is 5.88 Å². The second kappa shape index (κ2) is 4.55. The maximum atomic E-state index is 11.0. The number of nitrogens with one attached hydrogen (secondary N) is 1. The van der Waals surface area contributed by atoms with Crippen molar-refractivity contribution in [2.24, 2.45) is 0 Å². The second-order valence-corrected chi connectivity index (χ2v) is 4.05. The summed E-state index contributed by atoms with van der Waals surface area (Å²) in [4.78, 5) is 11.0. The van der Waals surface area contributed by atoms with Crippen LogP contribution in [0.4, 0.5) is 4.79 Å². The molecule has 3 nitrogen and oxygen atoms in total. The second-order valence-electron chi connectivity index (χ2n) is 3.75. The molecule has 0 aromatic heterocycles. The van der Waals surface area contributed by atoms with Crippen molar-refractivity contribution in [1.29, 1.82) is 0 Å². The summed E-state index contributed by atoms with van der Waals surface area (Å²) in [5.74, 6) is 0.317. The molecule has 0 saturated carbocycles. The Morgan fingerprint density at radius 3 is 2.42 bits per heavy atom. The fourth-order valence-corrected chi connectivity index (χ4v) is 0.613. The molecule has 0 radical (unpaired) electrons. The van der Waals surface area contributed by atoms with Crippen LogP contribution >= 0.6 is 11.6 Å². The van der Waals surface area contributed by atoms with Gasteiger partial charge in [-0.3, -0.25) is 0 Å². The molecule has 0 saturated heterocycles. The van der Waals surface area contributed by atoms with E-state index in [0.717, 1.165) is 0 Å². The van der Waals surface area contributed by atoms with Gasteiger partial charge < -0.3 is 10.1 Å². The molecule has 0 rings (SSSR count). The molecule has 0 spiro atoms. The van der Waals surface area contributed by atoms with Gasteiger partial charge in [0, 0.05) is 5.54 Å². The quantitative estimate of drug-likeness (QED) is 0.683. The van der Waals surface area contributed by atoms with Crippen molar-refractivity contribution in [2.75, 3.05) is 5.88 Å². The van der Waals surface area contributed by atoms with E-state index >= 15 is 0 Å². The van der Waals surface area contributed by atoms with Crippen LogP contribution in [0, 0.1) is 0 Å². The van der Waals surface area contributed by atoms with Crippen LogP contribution in [0.1, 0.15) is 27.7 Å². The van der Waals surface area contributed by atoms with Gasteiger partial charge in [-0.2, -0.15) is 0 Å². The van der Waals surface area contributed by atoms with Crippen LogP contribution in [0.2, 0.25) is 0 Å². The fourth-order valence-electron chi connectivity index (χ4n) is 0.550. The lowest BCUT2D eigenvalue weighted by Crippen LogP contribution is -2.42. The number of alkyl halides is 1. The Kier molecular flexibility index (Phi) is 4.39. The van der Waals surface area contributed by atoms with E-state index in [1.807, 2.05) is 20.8 Å². The zero-order valence-corrected chi connectivity index (χ0v) is 8.73. The summed E-state index contributed by atoms with van der Waals surface area (Å²) in [7, 11) is 0. The van der Waals surface area contributed by atoms with Crippen molar-refractivity contribution in [3.63, 3.8) is 0 Å². The van der Waals surface area contributed by atoms with Gasteiger partial charge in [-0.05, 0) is 27.7 Å². The molecule has 0 aliphatic rings. The summed E-state index contributed by atoms with van der Waals surface area (Å²) in [6, 6.07) is 0. The molecule has 0 aliphatic heterocycles. The Labute approximate surface area is 78.4 Å². The predicted molar refractivity (Wildman–Crippen MR) is 49.6 cm³/mol. The summed E-state index contributed by atoms with van der Waals surface area (Å²) in [5, 5.41) is 2.66. The van der Waals surface area contributed by atoms with Crippen LogP contribution in [-0.2, 0) is 4.74 Å². The smallest absolute Gasteiger partial charge is 0.407 e. The van der Waals surface area contributed by atoms with E-state index in [1.54, 1.807) is 6.92 Å². The minimum Gasteiger partial charge on any atom is -0.445 e. The fraction of sp³-hybridized carbons (Fsp3) is 0.875. The van der Waals surface area contributed by atoms with E-state index in [4.69, 9.17) is 16.3 Å². The Morgan fingerprint density at radius 2 is 2.08 bits per heavy atom. The van der Waals surface area contributed by atoms with E-state index in [9.17, 15) is 4.79 Å². The minimum atomic E-state index is -0.421. The number of ether oxygens (including phenoxy) is 1. The highest BCUT2D eigenvalue weighted by atomic mass is 35.5. The first kappa shape index (κ1) is 11.6. The van der Waals surface area contributed by atoms with Crippen LogP contribution in [0.25, 0.3) is 0 Å². The van der Waals surface area contributed by atoms with Crippen LogP contribution in [0.5, 0.6) is 0 Å². The first-order valence-electron chi connectivity index (χ1n) is 3.90. The SMILES string of the molecule is C[C@H](CCl)OC(=O)NC(C)(C)C. The molecule has 0 fully saturated rings. The molecule has 0 aromatic rings. The maximum Gasteiger partial charge on any atom is 0.407 e. The Hall–Kier alpha value is -0.440. The van der Waals surface area contributed by atoms with Crippen molar-refractivity contribution >= 4 is 17.7 Å². The molecule has 1 amide bonds. The Morgan fingerprint density at radius 1 is 1.58 bits per heavy atom. The molecule has 0 unspecified atom stereocenters. The summed E-state index contributed by atoms with van der Waals surface area (Å²) in [6.45, 7) is 7.41. The van der Waals surface area contributed by atoms with E-state index in [1.165, 1.54) is 0 Å². The van der Waals surface area contributed by atoms with Crippen molar-refractivity contribution < 1.29 is 9.53 Å². The molecule has 0 bridgehead atoms. The standard InChI is InChI=1S/C8H16ClNO2/c1-6(5-9)12-7(11)10-8(2,3)4/h6H,5H2,1-4H3,(H,10,11)/t6-/m1/s1. The third-order valence-corrected chi connectivity index (χ3v) is 1.44. The van der Waals surface area contributed by atoms with E-state index in [2.05, 4.69) is 5.32 Å². The first-order chi connectivity index (χ1) is 5.35. The summed E-state index contributed by atoms with van der Waals surface area (Å²) < 4.78 is 4.89.